The van der Waals surface area contributed by atoms with Crippen LogP contribution in [0.2, 0.25) is 0 Å². The van der Waals surface area contributed by atoms with Crippen molar-refractivity contribution in [1.82, 2.24) is 15.3 Å². The molecule has 1 aliphatic heterocycles. The predicted molar refractivity (Wildman–Crippen MR) is 70.9 cm³/mol. The maximum Gasteiger partial charge on any atom is 0.251 e. The summed E-state index contributed by atoms with van der Waals surface area (Å²) in [4.78, 5) is 33.5. The number of rotatable bonds is 2. The second-order valence-corrected chi connectivity index (χ2v) is 4.94. The summed E-state index contributed by atoms with van der Waals surface area (Å²) in [6.07, 6.45) is 1.42. The van der Waals surface area contributed by atoms with E-state index in [2.05, 4.69) is 20.6 Å². The van der Waals surface area contributed by atoms with E-state index >= 15 is 0 Å². The van der Waals surface area contributed by atoms with Crippen molar-refractivity contribution in [2.75, 3.05) is 23.8 Å². The molecule has 0 saturated carbocycles. The second kappa shape index (κ2) is 4.49. The quantitative estimate of drug-likeness (QED) is 0.734. The van der Waals surface area contributed by atoms with Gasteiger partial charge in [0.2, 0.25) is 5.91 Å². The van der Waals surface area contributed by atoms with E-state index in [9.17, 15) is 9.59 Å². The molecule has 0 aliphatic carbocycles. The highest BCUT2D eigenvalue weighted by Crippen LogP contribution is 2.29. The number of piperazine rings is 1. The van der Waals surface area contributed by atoms with Gasteiger partial charge in [0.05, 0.1) is 6.54 Å². The number of aromatic nitrogens is 2. The SMILES string of the molecule is CNc1ncnc(N2CC(=O)NC(=O)C2(C)C)c1C. The number of nitrogens with one attached hydrogen (secondary N) is 2. The molecule has 0 bridgehead atoms. The lowest BCUT2D eigenvalue weighted by Gasteiger charge is -2.41. The molecule has 0 unspecified atom stereocenters. The van der Waals surface area contributed by atoms with Crippen LogP contribution in [0.15, 0.2) is 6.33 Å². The minimum atomic E-state index is -0.835. The Kier molecular flexibility index (Phi) is 3.13. The number of amides is 2. The molecule has 2 N–H and O–H groups in total. The monoisotopic (exact) mass is 263 g/mol. The topological polar surface area (TPSA) is 87.2 Å². The summed E-state index contributed by atoms with van der Waals surface area (Å²) in [5.74, 6) is 0.618. The minimum Gasteiger partial charge on any atom is -0.373 e. The number of carbonyl (C=O) groups excluding carboxylic acids is 2. The van der Waals surface area contributed by atoms with E-state index in [1.165, 1.54) is 6.33 Å². The Morgan fingerprint density at radius 2 is 2.05 bits per heavy atom. The zero-order chi connectivity index (χ0) is 14.2. The van der Waals surface area contributed by atoms with Crippen LogP contribution in [0.1, 0.15) is 19.4 Å². The number of hydrogen-bond donors (Lipinski definition) is 2. The maximum absolute atomic E-state index is 11.9. The van der Waals surface area contributed by atoms with Gasteiger partial charge in [0.1, 0.15) is 23.5 Å². The molecule has 1 saturated heterocycles. The van der Waals surface area contributed by atoms with Gasteiger partial charge in [0.15, 0.2) is 0 Å². The molecule has 1 aromatic heterocycles. The number of hydrogen-bond acceptors (Lipinski definition) is 6. The number of imide groups is 1. The fourth-order valence-electron chi connectivity index (χ4n) is 2.09. The molecule has 2 amide bonds. The van der Waals surface area contributed by atoms with Gasteiger partial charge in [-0.2, -0.15) is 0 Å². The summed E-state index contributed by atoms with van der Waals surface area (Å²) in [7, 11) is 1.76. The smallest absolute Gasteiger partial charge is 0.251 e. The van der Waals surface area contributed by atoms with Gasteiger partial charge in [-0.1, -0.05) is 0 Å². The largest absolute Gasteiger partial charge is 0.373 e. The van der Waals surface area contributed by atoms with Crippen molar-refractivity contribution in [1.29, 1.82) is 0 Å². The Balaban J connectivity index is 2.50. The molecule has 1 fully saturated rings. The lowest BCUT2D eigenvalue weighted by molar-refractivity contribution is -0.135. The first-order valence-electron chi connectivity index (χ1n) is 5.99. The molecule has 0 spiro atoms. The van der Waals surface area contributed by atoms with Gasteiger partial charge < -0.3 is 10.2 Å². The van der Waals surface area contributed by atoms with Crippen molar-refractivity contribution in [3.63, 3.8) is 0 Å². The zero-order valence-corrected chi connectivity index (χ0v) is 11.4. The van der Waals surface area contributed by atoms with Crippen LogP contribution in [0.5, 0.6) is 0 Å². The van der Waals surface area contributed by atoms with Crippen LogP contribution in [-0.4, -0.2) is 40.9 Å². The van der Waals surface area contributed by atoms with Crippen molar-refractivity contribution in [2.45, 2.75) is 26.3 Å². The van der Waals surface area contributed by atoms with Crippen LogP contribution in [-0.2, 0) is 9.59 Å². The van der Waals surface area contributed by atoms with Gasteiger partial charge >= 0.3 is 0 Å². The summed E-state index contributed by atoms with van der Waals surface area (Å²) in [5, 5.41) is 5.30. The molecule has 0 atom stereocenters. The highest BCUT2D eigenvalue weighted by Gasteiger charge is 2.42. The molecule has 2 heterocycles. The summed E-state index contributed by atoms with van der Waals surface area (Å²) in [5.41, 5.74) is -0.0292. The van der Waals surface area contributed by atoms with E-state index in [0.29, 0.717) is 11.6 Å². The normalized spacial score (nSPS) is 18.2. The lowest BCUT2D eigenvalue weighted by Crippen LogP contribution is -2.64. The molecular weight excluding hydrogens is 246 g/mol. The van der Waals surface area contributed by atoms with Crippen molar-refractivity contribution in [3.8, 4) is 0 Å². The van der Waals surface area contributed by atoms with Crippen molar-refractivity contribution in [3.05, 3.63) is 11.9 Å². The first kappa shape index (κ1) is 13.3. The highest BCUT2D eigenvalue weighted by molar-refractivity contribution is 6.06. The Morgan fingerprint density at radius 1 is 1.37 bits per heavy atom. The molecule has 1 aromatic rings. The minimum absolute atomic E-state index is 0.0970. The van der Waals surface area contributed by atoms with Crippen molar-refractivity contribution >= 4 is 23.5 Å². The number of carbonyl (C=O) groups is 2. The molecule has 7 nitrogen and oxygen atoms in total. The van der Waals surface area contributed by atoms with Crippen LogP contribution >= 0.6 is 0 Å². The fraction of sp³-hybridized carbons (Fsp3) is 0.500. The first-order chi connectivity index (χ1) is 8.87. The third kappa shape index (κ3) is 2.11. The Bertz CT molecular complexity index is 541. The van der Waals surface area contributed by atoms with E-state index in [0.717, 1.165) is 5.56 Å². The van der Waals surface area contributed by atoms with Crippen LogP contribution in [0.3, 0.4) is 0 Å². The van der Waals surface area contributed by atoms with Crippen molar-refractivity contribution < 1.29 is 9.59 Å². The van der Waals surface area contributed by atoms with E-state index in [-0.39, 0.29) is 18.4 Å². The summed E-state index contributed by atoms with van der Waals surface area (Å²) < 4.78 is 0. The summed E-state index contributed by atoms with van der Waals surface area (Å²) >= 11 is 0. The first-order valence-corrected chi connectivity index (χ1v) is 5.99. The van der Waals surface area contributed by atoms with E-state index in [1.54, 1.807) is 25.8 Å². The third-order valence-electron chi connectivity index (χ3n) is 3.34. The molecular formula is C12H17N5O2. The highest BCUT2D eigenvalue weighted by atomic mass is 16.2. The molecule has 0 aromatic carbocycles. The standard InChI is InChI=1S/C12H17N5O2/c1-7-9(13-4)14-6-15-10(7)17-5-8(18)16-11(19)12(17,2)3/h6H,5H2,1-4H3,(H,13,14,15)(H,16,18,19). The second-order valence-electron chi connectivity index (χ2n) is 4.94. The van der Waals surface area contributed by atoms with Gasteiger partial charge in [-0.25, -0.2) is 9.97 Å². The Morgan fingerprint density at radius 3 is 2.68 bits per heavy atom. The van der Waals surface area contributed by atoms with Crippen molar-refractivity contribution in [2.24, 2.45) is 0 Å². The van der Waals surface area contributed by atoms with E-state index in [1.807, 2.05) is 6.92 Å². The van der Waals surface area contributed by atoms with Crippen LogP contribution < -0.4 is 15.5 Å². The zero-order valence-electron chi connectivity index (χ0n) is 11.4. The van der Waals surface area contributed by atoms with Gasteiger partial charge in [0, 0.05) is 12.6 Å². The van der Waals surface area contributed by atoms with Crippen LogP contribution in [0.25, 0.3) is 0 Å². The molecule has 2 rings (SSSR count). The Hall–Kier alpha value is -2.18. The van der Waals surface area contributed by atoms with Gasteiger partial charge in [-0.15, -0.1) is 0 Å². The van der Waals surface area contributed by atoms with Gasteiger partial charge in [0.25, 0.3) is 5.91 Å². The number of nitrogens with zero attached hydrogens (tertiary/aromatic N) is 3. The molecule has 0 radical (unpaired) electrons. The third-order valence-corrected chi connectivity index (χ3v) is 3.34. The van der Waals surface area contributed by atoms with E-state index < -0.39 is 5.54 Å². The average molecular weight is 263 g/mol. The van der Waals surface area contributed by atoms with Gasteiger partial charge in [-0.3, -0.25) is 14.9 Å². The average Bonchev–Trinajstić information content (AvgIpc) is 2.35. The molecule has 102 valence electrons. The summed E-state index contributed by atoms with van der Waals surface area (Å²) in [6, 6.07) is 0. The number of anilines is 2. The predicted octanol–water partition coefficient (Wildman–Crippen LogP) is 0.0681. The molecule has 19 heavy (non-hydrogen) atoms. The fourth-order valence-corrected chi connectivity index (χ4v) is 2.09. The van der Waals surface area contributed by atoms with E-state index in [4.69, 9.17) is 0 Å². The van der Waals surface area contributed by atoms with Crippen LogP contribution in [0, 0.1) is 6.92 Å². The molecule has 1 aliphatic rings. The van der Waals surface area contributed by atoms with Gasteiger partial charge in [-0.05, 0) is 20.8 Å². The summed E-state index contributed by atoms with van der Waals surface area (Å²) in [6.45, 7) is 5.47. The Labute approximate surface area is 111 Å². The molecule has 7 heteroatoms. The lowest BCUT2D eigenvalue weighted by atomic mass is 9.98. The van der Waals surface area contributed by atoms with Crippen LogP contribution in [0.4, 0.5) is 11.6 Å². The maximum atomic E-state index is 11.9.